The summed E-state index contributed by atoms with van der Waals surface area (Å²) in [5.41, 5.74) is 0.900. The first kappa shape index (κ1) is 23.5. The molecule has 2 heterocycles. The third kappa shape index (κ3) is 5.75. The molecule has 0 aromatic heterocycles. The van der Waals surface area contributed by atoms with E-state index in [1.165, 1.54) is 6.26 Å². The molecule has 0 atom stereocenters. The number of amides is 1. The van der Waals surface area contributed by atoms with Gasteiger partial charge in [0.2, 0.25) is 5.91 Å². The summed E-state index contributed by atoms with van der Waals surface area (Å²) >= 11 is 0. The lowest BCUT2D eigenvalue weighted by atomic mass is 10.0. The lowest BCUT2D eigenvalue weighted by molar-refractivity contribution is -0.132. The number of hydrogen-bond acceptors (Lipinski definition) is 5. The van der Waals surface area contributed by atoms with Gasteiger partial charge in [0.25, 0.3) is 0 Å². The van der Waals surface area contributed by atoms with Crippen molar-refractivity contribution in [2.45, 2.75) is 49.6 Å². The van der Waals surface area contributed by atoms with E-state index in [-0.39, 0.29) is 12.4 Å². The Labute approximate surface area is 186 Å². The smallest absolute Gasteiger partial charge is 0.225 e. The van der Waals surface area contributed by atoms with E-state index in [0.29, 0.717) is 29.3 Å². The summed E-state index contributed by atoms with van der Waals surface area (Å²) in [7, 11) is -3.20. The fourth-order valence-electron chi connectivity index (χ4n) is 4.79. The van der Waals surface area contributed by atoms with Crippen LogP contribution < -0.4 is 0 Å². The van der Waals surface area contributed by atoms with E-state index in [2.05, 4.69) is 14.7 Å². The zero-order valence-electron chi connectivity index (χ0n) is 17.8. The molecule has 168 valence electrons. The fraction of sp³-hybridized carbons (Fsp3) is 0.682. The summed E-state index contributed by atoms with van der Waals surface area (Å²) in [4.78, 5) is 19.9. The highest BCUT2D eigenvalue weighted by Gasteiger charge is 2.35. The van der Waals surface area contributed by atoms with Crippen molar-refractivity contribution in [1.29, 1.82) is 0 Å². The molecule has 30 heavy (non-hydrogen) atoms. The van der Waals surface area contributed by atoms with E-state index in [1.54, 1.807) is 12.1 Å². The summed E-state index contributed by atoms with van der Waals surface area (Å²) in [5, 5.41) is 0. The maximum atomic E-state index is 12.4. The van der Waals surface area contributed by atoms with E-state index >= 15 is 0 Å². The number of hydrogen-bond donors (Lipinski definition) is 0. The van der Waals surface area contributed by atoms with Crippen LogP contribution >= 0.6 is 12.4 Å². The molecule has 8 heteroatoms. The molecule has 0 unspecified atom stereocenters. The van der Waals surface area contributed by atoms with Crippen molar-refractivity contribution in [2.24, 2.45) is 5.92 Å². The molecular formula is C22H34ClN3O3S. The van der Waals surface area contributed by atoms with Gasteiger partial charge in [0.05, 0.1) is 4.90 Å². The van der Waals surface area contributed by atoms with Crippen molar-refractivity contribution in [3.8, 4) is 0 Å². The van der Waals surface area contributed by atoms with Gasteiger partial charge in [-0.2, -0.15) is 0 Å². The molecule has 1 amide bonds. The maximum absolute atomic E-state index is 12.4. The number of carbonyl (C=O) groups excluding carboxylic acids is 1. The number of benzene rings is 1. The average Bonchev–Trinajstić information content (AvgIpc) is 3.55. The summed E-state index contributed by atoms with van der Waals surface area (Å²) < 4.78 is 24.1. The number of piperidine rings is 1. The number of sulfone groups is 1. The first-order valence-corrected chi connectivity index (χ1v) is 12.8. The molecule has 0 spiro atoms. The standard InChI is InChI=1S/C22H33N3O3S.ClH/c1-29(27,28)21-6-3-2-5-19(21)17-23-13-9-20(10-14-23)24-11-4-12-25(16-15-24)22(26)18-7-8-18;/h2-3,5-6,18,20H,4,7-17H2,1H3;1H. The zero-order chi connectivity index (χ0) is 20.4. The number of carbonyl (C=O) groups is 1. The highest BCUT2D eigenvalue weighted by molar-refractivity contribution is 7.90. The Hall–Kier alpha value is -1.15. The molecule has 1 aliphatic carbocycles. The molecule has 2 saturated heterocycles. The third-order valence-electron chi connectivity index (χ3n) is 6.61. The summed E-state index contributed by atoms with van der Waals surface area (Å²) in [5.74, 6) is 0.700. The van der Waals surface area contributed by atoms with Crippen molar-refractivity contribution in [3.05, 3.63) is 29.8 Å². The SMILES string of the molecule is CS(=O)(=O)c1ccccc1CN1CCC(N2CCCN(C(=O)C3CC3)CC2)CC1.Cl. The van der Waals surface area contributed by atoms with E-state index in [4.69, 9.17) is 0 Å². The lowest BCUT2D eigenvalue weighted by Crippen LogP contribution is -2.46. The Kier molecular flexibility index (Phi) is 7.82. The largest absolute Gasteiger partial charge is 0.341 e. The monoisotopic (exact) mass is 455 g/mol. The quantitative estimate of drug-likeness (QED) is 0.682. The highest BCUT2D eigenvalue weighted by Crippen LogP contribution is 2.31. The minimum absolute atomic E-state index is 0. The van der Waals surface area contributed by atoms with Crippen molar-refractivity contribution in [2.75, 3.05) is 45.5 Å². The molecule has 1 aromatic rings. The predicted molar refractivity (Wildman–Crippen MR) is 121 cm³/mol. The van der Waals surface area contributed by atoms with E-state index < -0.39 is 9.84 Å². The van der Waals surface area contributed by atoms with Crippen LogP contribution in [0.15, 0.2) is 29.2 Å². The van der Waals surface area contributed by atoms with Crippen molar-refractivity contribution in [3.63, 3.8) is 0 Å². The van der Waals surface area contributed by atoms with E-state index in [0.717, 1.165) is 76.9 Å². The van der Waals surface area contributed by atoms with Gasteiger partial charge in [-0.1, -0.05) is 18.2 Å². The molecule has 0 N–H and O–H groups in total. The van der Waals surface area contributed by atoms with Gasteiger partial charge < -0.3 is 4.90 Å². The normalized spacial score (nSPS) is 22.4. The van der Waals surface area contributed by atoms with Gasteiger partial charge in [-0.05, 0) is 56.8 Å². The van der Waals surface area contributed by atoms with Crippen LogP contribution in [0.25, 0.3) is 0 Å². The van der Waals surface area contributed by atoms with Gasteiger partial charge >= 0.3 is 0 Å². The van der Waals surface area contributed by atoms with Crippen LogP contribution in [0.4, 0.5) is 0 Å². The van der Waals surface area contributed by atoms with Crippen molar-refractivity contribution < 1.29 is 13.2 Å². The molecule has 0 radical (unpaired) electrons. The molecule has 6 nitrogen and oxygen atoms in total. The maximum Gasteiger partial charge on any atom is 0.225 e. The molecule has 1 aromatic carbocycles. The minimum atomic E-state index is -3.20. The van der Waals surface area contributed by atoms with Crippen molar-refractivity contribution >= 4 is 28.2 Å². The lowest BCUT2D eigenvalue weighted by Gasteiger charge is -2.38. The first-order valence-electron chi connectivity index (χ1n) is 10.9. The predicted octanol–water partition coefficient (Wildman–Crippen LogP) is 2.42. The Morgan fingerprint density at radius 2 is 1.67 bits per heavy atom. The van der Waals surface area contributed by atoms with Crippen LogP contribution in [0.3, 0.4) is 0 Å². The Bertz CT molecular complexity index is 836. The molecule has 1 saturated carbocycles. The molecule has 0 bridgehead atoms. The van der Waals surface area contributed by atoms with Crippen molar-refractivity contribution in [1.82, 2.24) is 14.7 Å². The molecule has 2 aliphatic heterocycles. The van der Waals surface area contributed by atoms with E-state index in [1.807, 2.05) is 12.1 Å². The highest BCUT2D eigenvalue weighted by atomic mass is 35.5. The molecular weight excluding hydrogens is 422 g/mol. The second-order valence-corrected chi connectivity index (χ2v) is 10.9. The van der Waals surface area contributed by atoms with Gasteiger partial charge in [0.1, 0.15) is 0 Å². The topological polar surface area (TPSA) is 60.9 Å². The van der Waals surface area contributed by atoms with Crippen LogP contribution in [0.2, 0.25) is 0 Å². The van der Waals surface area contributed by atoms with Crippen LogP contribution in [0.5, 0.6) is 0 Å². The molecule has 4 rings (SSSR count). The molecule has 3 fully saturated rings. The second kappa shape index (κ2) is 9.98. The number of halogens is 1. The number of rotatable bonds is 5. The first-order chi connectivity index (χ1) is 13.9. The summed E-state index contributed by atoms with van der Waals surface area (Å²) in [6.45, 7) is 6.52. The number of nitrogens with zero attached hydrogens (tertiary/aromatic N) is 3. The fourth-order valence-corrected chi connectivity index (χ4v) is 5.73. The van der Waals surface area contributed by atoms with Crippen LogP contribution in [-0.4, -0.2) is 80.6 Å². The molecule has 3 aliphatic rings. The van der Waals surface area contributed by atoms with Gasteiger partial charge in [0, 0.05) is 50.9 Å². The van der Waals surface area contributed by atoms with Gasteiger partial charge in [-0.15, -0.1) is 12.4 Å². The summed E-state index contributed by atoms with van der Waals surface area (Å²) in [6, 6.07) is 7.93. The second-order valence-electron chi connectivity index (χ2n) is 8.88. The van der Waals surface area contributed by atoms with Crippen LogP contribution in [-0.2, 0) is 21.2 Å². The number of likely N-dealkylation sites (tertiary alicyclic amines) is 1. The Balaban J connectivity index is 0.00000256. The average molecular weight is 456 g/mol. The van der Waals surface area contributed by atoms with Gasteiger partial charge in [-0.3, -0.25) is 14.6 Å². The zero-order valence-corrected chi connectivity index (χ0v) is 19.5. The third-order valence-corrected chi connectivity index (χ3v) is 7.81. The van der Waals surface area contributed by atoms with Crippen LogP contribution in [0, 0.1) is 5.92 Å². The Morgan fingerprint density at radius 1 is 0.967 bits per heavy atom. The van der Waals surface area contributed by atoms with Gasteiger partial charge in [0.15, 0.2) is 9.84 Å². The van der Waals surface area contributed by atoms with Crippen LogP contribution in [0.1, 0.15) is 37.7 Å². The Morgan fingerprint density at radius 3 is 2.33 bits per heavy atom. The van der Waals surface area contributed by atoms with Gasteiger partial charge in [-0.25, -0.2) is 8.42 Å². The minimum Gasteiger partial charge on any atom is -0.341 e. The summed E-state index contributed by atoms with van der Waals surface area (Å²) in [6.07, 6.45) is 6.74. The van der Waals surface area contributed by atoms with E-state index in [9.17, 15) is 13.2 Å².